The lowest BCUT2D eigenvalue weighted by Crippen LogP contribution is -2.25. The highest BCUT2D eigenvalue weighted by Crippen LogP contribution is 2.19. The molecule has 0 saturated heterocycles. The molecule has 0 spiro atoms. The topological polar surface area (TPSA) is 76.9 Å². The van der Waals surface area contributed by atoms with Gasteiger partial charge < -0.3 is 5.32 Å². The van der Waals surface area contributed by atoms with E-state index >= 15 is 0 Å². The molecule has 3 aromatic rings. The largest absolute Gasteiger partial charge is 0.352 e. The Morgan fingerprint density at radius 2 is 1.89 bits per heavy atom. The van der Waals surface area contributed by atoms with E-state index < -0.39 is 0 Å². The molecule has 1 aliphatic carbocycles. The number of hydrogen-bond acceptors (Lipinski definition) is 4. The Bertz CT molecular complexity index is 1080. The van der Waals surface area contributed by atoms with E-state index in [4.69, 9.17) is 0 Å². The minimum atomic E-state index is -0.233. The fourth-order valence-corrected chi connectivity index (χ4v) is 3.48. The first-order chi connectivity index (χ1) is 13.7. The van der Waals surface area contributed by atoms with Crippen molar-refractivity contribution < 1.29 is 4.79 Å². The third kappa shape index (κ3) is 3.86. The van der Waals surface area contributed by atoms with Crippen LogP contribution in [0.25, 0.3) is 16.6 Å². The van der Waals surface area contributed by atoms with Crippen LogP contribution in [0.1, 0.15) is 42.5 Å². The van der Waals surface area contributed by atoms with Crippen molar-refractivity contribution >= 4 is 16.8 Å². The van der Waals surface area contributed by atoms with Gasteiger partial charge in [0.15, 0.2) is 0 Å². The zero-order valence-corrected chi connectivity index (χ0v) is 15.6. The lowest BCUT2D eigenvalue weighted by Gasteiger charge is -2.13. The van der Waals surface area contributed by atoms with Crippen molar-refractivity contribution in [3.8, 4) is 5.69 Å². The van der Waals surface area contributed by atoms with E-state index in [1.807, 2.05) is 6.07 Å². The van der Waals surface area contributed by atoms with Gasteiger partial charge in [0.05, 0.1) is 11.1 Å². The van der Waals surface area contributed by atoms with Crippen LogP contribution in [0.2, 0.25) is 0 Å². The van der Waals surface area contributed by atoms with Gasteiger partial charge in [0.25, 0.3) is 11.5 Å². The van der Waals surface area contributed by atoms with Crippen LogP contribution in [0.3, 0.4) is 0 Å². The molecular formula is C22H22N4O2. The maximum Gasteiger partial charge on any atom is 0.282 e. The Kier molecular flexibility index (Phi) is 5.28. The SMILES string of the molecule is O=C(NCCC1=CCCCC1)c1ccc(-n2nnc3ccccc3c2=O)cc1. The number of aromatic nitrogens is 3. The van der Waals surface area contributed by atoms with E-state index in [1.165, 1.54) is 23.1 Å². The van der Waals surface area contributed by atoms with Crippen molar-refractivity contribution in [3.63, 3.8) is 0 Å². The summed E-state index contributed by atoms with van der Waals surface area (Å²) >= 11 is 0. The monoisotopic (exact) mass is 374 g/mol. The zero-order chi connectivity index (χ0) is 19.3. The third-order valence-corrected chi connectivity index (χ3v) is 5.06. The van der Waals surface area contributed by atoms with Crippen molar-refractivity contribution in [1.82, 2.24) is 20.3 Å². The molecule has 142 valence electrons. The number of hydrogen-bond donors (Lipinski definition) is 1. The summed E-state index contributed by atoms with van der Waals surface area (Å²) in [5, 5.41) is 11.6. The van der Waals surface area contributed by atoms with E-state index in [1.54, 1.807) is 42.5 Å². The number of nitrogens with one attached hydrogen (secondary N) is 1. The van der Waals surface area contributed by atoms with E-state index in [0.29, 0.717) is 28.7 Å². The van der Waals surface area contributed by atoms with Gasteiger partial charge in [-0.1, -0.05) is 29.0 Å². The predicted octanol–water partition coefficient (Wildman–Crippen LogP) is 3.40. The first kappa shape index (κ1) is 18.1. The molecule has 1 aromatic heterocycles. The molecule has 0 bridgehead atoms. The summed E-state index contributed by atoms with van der Waals surface area (Å²) in [6, 6.07) is 13.9. The molecule has 2 aromatic carbocycles. The Balaban J connectivity index is 1.45. The molecule has 4 rings (SSSR count). The van der Waals surface area contributed by atoms with Gasteiger partial charge in [-0.2, -0.15) is 4.68 Å². The quantitative estimate of drug-likeness (QED) is 0.695. The predicted molar refractivity (Wildman–Crippen MR) is 109 cm³/mol. The molecule has 0 atom stereocenters. The normalized spacial score (nSPS) is 13.9. The van der Waals surface area contributed by atoms with Gasteiger partial charge in [0.1, 0.15) is 5.52 Å². The number of allylic oxidation sites excluding steroid dienone is 1. The summed E-state index contributed by atoms with van der Waals surface area (Å²) in [4.78, 5) is 25.0. The van der Waals surface area contributed by atoms with Crippen molar-refractivity contribution in [3.05, 3.63) is 76.1 Å². The van der Waals surface area contributed by atoms with E-state index in [9.17, 15) is 9.59 Å². The van der Waals surface area contributed by atoms with Crippen molar-refractivity contribution in [2.45, 2.75) is 32.1 Å². The minimum Gasteiger partial charge on any atom is -0.352 e. The molecule has 0 saturated carbocycles. The van der Waals surface area contributed by atoms with Gasteiger partial charge >= 0.3 is 0 Å². The smallest absolute Gasteiger partial charge is 0.282 e. The summed E-state index contributed by atoms with van der Waals surface area (Å²) in [7, 11) is 0. The highest BCUT2D eigenvalue weighted by molar-refractivity contribution is 5.94. The zero-order valence-electron chi connectivity index (χ0n) is 15.6. The number of amides is 1. The second kappa shape index (κ2) is 8.17. The summed E-state index contributed by atoms with van der Waals surface area (Å²) in [5.41, 5.74) is 2.91. The summed E-state index contributed by atoms with van der Waals surface area (Å²) in [6.45, 7) is 0.641. The van der Waals surface area contributed by atoms with Crippen LogP contribution in [0.4, 0.5) is 0 Å². The Morgan fingerprint density at radius 1 is 1.07 bits per heavy atom. The molecule has 28 heavy (non-hydrogen) atoms. The second-order valence-corrected chi connectivity index (χ2v) is 6.98. The van der Waals surface area contributed by atoms with Gasteiger partial charge in [-0.15, -0.1) is 5.10 Å². The molecule has 6 nitrogen and oxygen atoms in total. The van der Waals surface area contributed by atoms with Crippen LogP contribution < -0.4 is 10.9 Å². The number of carbonyl (C=O) groups excluding carboxylic acids is 1. The average Bonchev–Trinajstić information content (AvgIpc) is 2.75. The maximum absolute atomic E-state index is 12.6. The van der Waals surface area contributed by atoms with Crippen LogP contribution in [0.5, 0.6) is 0 Å². The molecule has 0 fully saturated rings. The number of fused-ring (bicyclic) bond motifs is 1. The van der Waals surface area contributed by atoms with E-state index in [-0.39, 0.29) is 11.5 Å². The number of benzene rings is 2. The average molecular weight is 374 g/mol. The lowest BCUT2D eigenvalue weighted by molar-refractivity contribution is 0.0954. The molecule has 6 heteroatoms. The van der Waals surface area contributed by atoms with Crippen LogP contribution >= 0.6 is 0 Å². The summed E-state index contributed by atoms with van der Waals surface area (Å²) in [5.74, 6) is -0.111. The van der Waals surface area contributed by atoms with Crippen LogP contribution in [-0.4, -0.2) is 27.4 Å². The molecule has 1 aliphatic rings. The van der Waals surface area contributed by atoms with E-state index in [0.717, 1.165) is 19.3 Å². The summed E-state index contributed by atoms with van der Waals surface area (Å²) < 4.78 is 1.25. The molecule has 1 N–H and O–H groups in total. The Hall–Kier alpha value is -3.28. The number of rotatable bonds is 5. The molecule has 0 radical (unpaired) electrons. The minimum absolute atomic E-state index is 0.111. The van der Waals surface area contributed by atoms with Gasteiger partial charge in [-0.3, -0.25) is 9.59 Å². The van der Waals surface area contributed by atoms with Gasteiger partial charge in [0.2, 0.25) is 0 Å². The maximum atomic E-state index is 12.6. The third-order valence-electron chi connectivity index (χ3n) is 5.06. The van der Waals surface area contributed by atoms with Crippen LogP contribution in [0, 0.1) is 0 Å². The number of nitrogens with zero attached hydrogens (tertiary/aromatic N) is 3. The first-order valence-corrected chi connectivity index (χ1v) is 9.64. The standard InChI is InChI=1S/C22H22N4O2/c27-21(23-15-14-16-6-2-1-3-7-16)17-10-12-18(13-11-17)26-22(28)19-8-4-5-9-20(19)24-25-26/h4-6,8-13H,1-3,7,14-15H2,(H,23,27). The Labute approximate surface area is 162 Å². The lowest BCUT2D eigenvalue weighted by atomic mass is 9.97. The number of carbonyl (C=O) groups is 1. The van der Waals surface area contributed by atoms with Gasteiger partial charge in [-0.05, 0) is 68.5 Å². The first-order valence-electron chi connectivity index (χ1n) is 9.64. The van der Waals surface area contributed by atoms with Gasteiger partial charge in [0, 0.05) is 12.1 Å². The highest BCUT2D eigenvalue weighted by atomic mass is 16.1. The fourth-order valence-electron chi connectivity index (χ4n) is 3.48. The van der Waals surface area contributed by atoms with Crippen molar-refractivity contribution in [2.75, 3.05) is 6.54 Å². The molecular weight excluding hydrogens is 352 g/mol. The van der Waals surface area contributed by atoms with Crippen molar-refractivity contribution in [1.29, 1.82) is 0 Å². The van der Waals surface area contributed by atoms with Crippen molar-refractivity contribution in [2.24, 2.45) is 0 Å². The molecule has 0 unspecified atom stereocenters. The highest BCUT2D eigenvalue weighted by Gasteiger charge is 2.10. The molecule has 1 amide bonds. The summed E-state index contributed by atoms with van der Waals surface area (Å²) in [6.07, 6.45) is 8.03. The molecule has 0 aliphatic heterocycles. The molecule has 1 heterocycles. The second-order valence-electron chi connectivity index (χ2n) is 6.98. The Morgan fingerprint density at radius 3 is 2.68 bits per heavy atom. The van der Waals surface area contributed by atoms with Crippen LogP contribution in [0.15, 0.2) is 65.0 Å². The fraction of sp³-hybridized carbons (Fsp3) is 0.273. The van der Waals surface area contributed by atoms with Crippen LogP contribution in [-0.2, 0) is 0 Å². The van der Waals surface area contributed by atoms with Gasteiger partial charge in [-0.25, -0.2) is 0 Å². The van der Waals surface area contributed by atoms with E-state index in [2.05, 4.69) is 21.7 Å².